The number of ether oxygens (including phenoxy) is 1. The Morgan fingerprint density at radius 1 is 1.26 bits per heavy atom. The first-order chi connectivity index (χ1) is 11.3. The van der Waals surface area contributed by atoms with E-state index in [2.05, 4.69) is 31.2 Å². The summed E-state index contributed by atoms with van der Waals surface area (Å²) in [5, 5.41) is 7.44. The van der Waals surface area contributed by atoms with Crippen molar-refractivity contribution in [1.82, 2.24) is 20.2 Å². The number of aliphatic imine (C=N–C) groups is 1. The largest absolute Gasteiger partial charge is 0.496 e. The lowest BCUT2D eigenvalue weighted by atomic mass is 10.1. The van der Waals surface area contributed by atoms with Crippen LogP contribution >= 0.6 is 11.8 Å². The minimum absolute atomic E-state index is 0.477. The van der Waals surface area contributed by atoms with Crippen molar-refractivity contribution in [3.63, 3.8) is 0 Å². The molecule has 0 saturated carbocycles. The predicted molar refractivity (Wildman–Crippen MR) is 90.4 cm³/mol. The van der Waals surface area contributed by atoms with Crippen LogP contribution in [0.3, 0.4) is 0 Å². The van der Waals surface area contributed by atoms with E-state index in [1.165, 1.54) is 6.33 Å². The van der Waals surface area contributed by atoms with Crippen molar-refractivity contribution in [2.24, 2.45) is 4.99 Å². The van der Waals surface area contributed by atoms with E-state index < -0.39 is 0 Å². The molecule has 0 bridgehead atoms. The van der Waals surface area contributed by atoms with E-state index >= 15 is 0 Å². The highest BCUT2D eigenvalue weighted by Crippen LogP contribution is 2.27. The summed E-state index contributed by atoms with van der Waals surface area (Å²) in [6.45, 7) is 0. The Labute approximate surface area is 138 Å². The lowest BCUT2D eigenvalue weighted by Gasteiger charge is -2.09. The van der Waals surface area contributed by atoms with Crippen LogP contribution < -0.4 is 4.74 Å². The molecule has 0 radical (unpaired) electrons. The molecule has 0 unspecified atom stereocenters. The lowest BCUT2D eigenvalue weighted by molar-refractivity contribution is 0.411. The minimum Gasteiger partial charge on any atom is -0.496 e. The molecule has 0 spiro atoms. The maximum atomic E-state index is 5.43. The Hall–Kier alpha value is -2.67. The van der Waals surface area contributed by atoms with E-state index in [1.54, 1.807) is 31.3 Å². The van der Waals surface area contributed by atoms with Crippen LogP contribution in [0.15, 0.2) is 58.9 Å². The average Bonchev–Trinajstić information content (AvgIpc) is 3.12. The van der Waals surface area contributed by atoms with Crippen molar-refractivity contribution in [1.29, 1.82) is 0 Å². The van der Waals surface area contributed by atoms with Crippen molar-refractivity contribution in [2.45, 2.75) is 10.8 Å². The number of H-pyrrole nitrogens is 1. The summed E-state index contributed by atoms with van der Waals surface area (Å²) in [6, 6.07) is 11.8. The zero-order valence-corrected chi connectivity index (χ0v) is 13.3. The summed E-state index contributed by atoms with van der Waals surface area (Å²) in [4.78, 5) is 12.5. The molecule has 0 aliphatic rings. The number of nitrogens with zero attached hydrogens (tertiary/aromatic N) is 4. The Morgan fingerprint density at radius 2 is 2.22 bits per heavy atom. The Balaban J connectivity index is 1.76. The van der Waals surface area contributed by atoms with Gasteiger partial charge in [-0.3, -0.25) is 0 Å². The van der Waals surface area contributed by atoms with E-state index in [9.17, 15) is 0 Å². The number of hydrogen-bond acceptors (Lipinski definition) is 6. The van der Waals surface area contributed by atoms with Crippen LogP contribution in [0.2, 0.25) is 0 Å². The molecule has 3 rings (SSSR count). The van der Waals surface area contributed by atoms with Crippen molar-refractivity contribution < 1.29 is 4.74 Å². The SMILES string of the molecule is COc1ccc(C=Nc2ncn[nH]2)cc1CSc1ccccn1. The van der Waals surface area contributed by atoms with Crippen LogP contribution in [0.25, 0.3) is 0 Å². The Bertz CT molecular complexity index is 774. The first-order valence-electron chi connectivity index (χ1n) is 6.95. The average molecular weight is 325 g/mol. The molecule has 116 valence electrons. The van der Waals surface area contributed by atoms with E-state index in [0.717, 1.165) is 27.7 Å². The van der Waals surface area contributed by atoms with Gasteiger partial charge in [-0.15, -0.1) is 11.8 Å². The predicted octanol–water partition coefficient (Wildman–Crippen LogP) is 3.25. The second-order valence-electron chi connectivity index (χ2n) is 4.60. The third-order valence-electron chi connectivity index (χ3n) is 3.06. The van der Waals surface area contributed by atoms with E-state index in [4.69, 9.17) is 4.74 Å². The van der Waals surface area contributed by atoms with Gasteiger partial charge in [0.15, 0.2) is 0 Å². The lowest BCUT2D eigenvalue weighted by Crippen LogP contribution is -1.93. The normalized spacial score (nSPS) is 11.0. The van der Waals surface area contributed by atoms with Gasteiger partial charge >= 0.3 is 0 Å². The number of thioether (sulfide) groups is 1. The zero-order valence-electron chi connectivity index (χ0n) is 12.5. The number of pyridine rings is 1. The van der Waals surface area contributed by atoms with Crippen molar-refractivity contribution in [2.75, 3.05) is 7.11 Å². The van der Waals surface area contributed by atoms with E-state index in [0.29, 0.717) is 5.95 Å². The fraction of sp³-hybridized carbons (Fsp3) is 0.125. The Kier molecular flexibility index (Phi) is 5.00. The molecule has 6 nitrogen and oxygen atoms in total. The van der Waals surface area contributed by atoms with Crippen molar-refractivity contribution in [3.05, 3.63) is 60.0 Å². The van der Waals surface area contributed by atoms with Crippen LogP contribution in [-0.4, -0.2) is 33.5 Å². The highest BCUT2D eigenvalue weighted by Gasteiger charge is 2.05. The monoisotopic (exact) mass is 325 g/mol. The molecule has 23 heavy (non-hydrogen) atoms. The van der Waals surface area contributed by atoms with Gasteiger partial charge < -0.3 is 4.74 Å². The molecule has 0 saturated heterocycles. The second kappa shape index (κ2) is 7.55. The fourth-order valence-electron chi connectivity index (χ4n) is 1.97. The summed E-state index contributed by atoms with van der Waals surface area (Å²) >= 11 is 1.66. The number of nitrogens with one attached hydrogen (secondary N) is 1. The number of rotatable bonds is 6. The van der Waals surface area contributed by atoms with Gasteiger partial charge in [0.25, 0.3) is 0 Å². The molecule has 2 aromatic heterocycles. The van der Waals surface area contributed by atoms with Crippen LogP contribution in [0.4, 0.5) is 5.95 Å². The molecule has 0 aliphatic heterocycles. The fourth-order valence-corrected chi connectivity index (χ4v) is 2.81. The molecule has 1 aromatic carbocycles. The first-order valence-corrected chi connectivity index (χ1v) is 7.94. The molecular formula is C16H15N5OS. The summed E-state index contributed by atoms with van der Waals surface area (Å²) in [5.41, 5.74) is 2.06. The van der Waals surface area contributed by atoms with E-state index in [1.807, 2.05) is 30.3 Å². The van der Waals surface area contributed by atoms with Gasteiger partial charge in [-0.1, -0.05) is 6.07 Å². The maximum absolute atomic E-state index is 5.43. The molecule has 3 aromatic rings. The topological polar surface area (TPSA) is 76.1 Å². The molecule has 7 heteroatoms. The smallest absolute Gasteiger partial charge is 0.245 e. The highest BCUT2D eigenvalue weighted by atomic mass is 32.2. The molecule has 0 amide bonds. The van der Waals surface area contributed by atoms with Gasteiger partial charge in [-0.05, 0) is 35.9 Å². The first kappa shape index (κ1) is 15.2. The summed E-state index contributed by atoms with van der Waals surface area (Å²) < 4.78 is 5.43. The van der Waals surface area contributed by atoms with Gasteiger partial charge in [-0.25, -0.2) is 15.1 Å². The quantitative estimate of drug-likeness (QED) is 0.556. The van der Waals surface area contributed by atoms with Crippen molar-refractivity contribution >= 4 is 23.9 Å². The molecule has 2 heterocycles. The number of methoxy groups -OCH3 is 1. The molecule has 0 atom stereocenters. The van der Waals surface area contributed by atoms with Crippen LogP contribution in [0.1, 0.15) is 11.1 Å². The maximum Gasteiger partial charge on any atom is 0.245 e. The molecule has 0 fully saturated rings. The van der Waals surface area contributed by atoms with Crippen LogP contribution in [0.5, 0.6) is 5.75 Å². The number of hydrogen-bond donors (Lipinski definition) is 1. The number of aromatic amines is 1. The van der Waals surface area contributed by atoms with Crippen molar-refractivity contribution in [3.8, 4) is 5.75 Å². The van der Waals surface area contributed by atoms with Gasteiger partial charge in [0.1, 0.15) is 12.1 Å². The Morgan fingerprint density at radius 3 is 2.96 bits per heavy atom. The number of benzene rings is 1. The molecular weight excluding hydrogens is 310 g/mol. The molecule has 1 N–H and O–H groups in total. The number of aromatic nitrogens is 4. The van der Waals surface area contributed by atoms with Crippen LogP contribution in [0, 0.1) is 0 Å². The summed E-state index contributed by atoms with van der Waals surface area (Å²) in [5.74, 6) is 2.10. The highest BCUT2D eigenvalue weighted by molar-refractivity contribution is 7.98. The summed E-state index contributed by atoms with van der Waals surface area (Å²) in [7, 11) is 1.67. The van der Waals surface area contributed by atoms with Gasteiger partial charge in [0.2, 0.25) is 5.95 Å². The molecule has 0 aliphatic carbocycles. The minimum atomic E-state index is 0.477. The zero-order chi connectivity index (χ0) is 15.9. The standard InChI is InChI=1S/C16H15N5OS/c1-22-14-6-5-12(9-18-16-19-11-20-21-16)8-13(14)10-23-15-4-2-3-7-17-15/h2-9,11H,10H2,1H3,(H,19,20,21). The van der Waals surface area contributed by atoms with Gasteiger partial charge in [0.05, 0.1) is 12.1 Å². The second-order valence-corrected chi connectivity index (χ2v) is 5.59. The van der Waals surface area contributed by atoms with Gasteiger partial charge in [-0.2, -0.15) is 10.1 Å². The third-order valence-corrected chi connectivity index (χ3v) is 4.05. The van der Waals surface area contributed by atoms with Crippen LogP contribution in [-0.2, 0) is 5.75 Å². The third kappa shape index (κ3) is 4.17. The summed E-state index contributed by atoms with van der Waals surface area (Å²) in [6.07, 6.45) is 4.96. The van der Waals surface area contributed by atoms with Gasteiger partial charge in [0, 0.05) is 23.7 Å². The van der Waals surface area contributed by atoms with E-state index in [-0.39, 0.29) is 0 Å².